The average molecular weight is 522 g/mol. The number of nitrogens with zero attached hydrogens (tertiary/aromatic N) is 2. The summed E-state index contributed by atoms with van der Waals surface area (Å²) in [5.41, 5.74) is 5.40. The van der Waals surface area contributed by atoms with E-state index in [-0.39, 0.29) is 35.8 Å². The molecule has 0 radical (unpaired) electrons. The normalized spacial score (nSPS) is 24.0. The van der Waals surface area contributed by atoms with Gasteiger partial charge in [-0.25, -0.2) is 0 Å². The van der Waals surface area contributed by atoms with Gasteiger partial charge in [0.2, 0.25) is 5.91 Å². The number of primary amides is 1. The van der Waals surface area contributed by atoms with Crippen LogP contribution in [0.25, 0.3) is 0 Å². The Morgan fingerprint density at radius 2 is 1.90 bits per heavy atom. The van der Waals surface area contributed by atoms with Gasteiger partial charge in [-0.2, -0.15) is 0 Å². The summed E-state index contributed by atoms with van der Waals surface area (Å²) in [4.78, 5) is 18.4. The Balaban J connectivity index is 0.00000420. The zero-order valence-corrected chi connectivity index (χ0v) is 21.0. The van der Waals surface area contributed by atoms with E-state index in [0.717, 1.165) is 82.7 Å². The minimum absolute atomic E-state index is 0. The summed E-state index contributed by atoms with van der Waals surface area (Å²) >= 11 is 0. The monoisotopic (exact) mass is 521 g/mol. The molecule has 1 aliphatic heterocycles. The van der Waals surface area contributed by atoms with E-state index in [9.17, 15) is 4.79 Å². The van der Waals surface area contributed by atoms with Crippen molar-refractivity contribution in [2.24, 2.45) is 28.5 Å². The lowest BCUT2D eigenvalue weighted by Crippen LogP contribution is -2.39. The fourth-order valence-electron chi connectivity index (χ4n) is 4.64. The molecule has 1 saturated carbocycles. The van der Waals surface area contributed by atoms with Crippen LogP contribution in [0.1, 0.15) is 71.6 Å². The minimum atomic E-state index is -0.129. The molecule has 0 spiro atoms. The maximum absolute atomic E-state index is 11.2. The third-order valence-electron chi connectivity index (χ3n) is 6.38. The number of carbonyl (C=O) groups excluding carboxylic acids is 1. The topological polar surface area (TPSA) is 82.8 Å². The van der Waals surface area contributed by atoms with E-state index >= 15 is 0 Å². The van der Waals surface area contributed by atoms with Crippen molar-refractivity contribution in [3.05, 3.63) is 0 Å². The highest BCUT2D eigenvalue weighted by Crippen LogP contribution is 2.30. The summed E-state index contributed by atoms with van der Waals surface area (Å²) in [5, 5.41) is 6.89. The molecule has 2 rings (SSSR count). The number of hydrogen-bond donors (Lipinski definition) is 3. The first-order valence-electron chi connectivity index (χ1n) is 11.6. The number of unbranched alkanes of at least 4 members (excludes halogenated alkanes) is 1. The Hall–Kier alpha value is -0.570. The molecular formula is C22H44IN5O. The number of nitrogens with two attached hydrogens (primary N) is 1. The Bertz CT molecular complexity index is 480. The number of halogens is 1. The maximum Gasteiger partial charge on any atom is 0.220 e. The first kappa shape index (κ1) is 26.5. The van der Waals surface area contributed by atoms with Gasteiger partial charge in [0.25, 0.3) is 0 Å². The van der Waals surface area contributed by atoms with Crippen LogP contribution in [0, 0.1) is 17.8 Å². The Morgan fingerprint density at radius 1 is 1.14 bits per heavy atom. The highest BCUT2D eigenvalue weighted by molar-refractivity contribution is 14.0. The van der Waals surface area contributed by atoms with E-state index in [0.29, 0.717) is 0 Å². The first-order valence-corrected chi connectivity index (χ1v) is 11.6. The van der Waals surface area contributed by atoms with Crippen LogP contribution < -0.4 is 16.4 Å². The number of aliphatic imine (C=N–C) groups is 1. The predicted molar refractivity (Wildman–Crippen MR) is 133 cm³/mol. The number of carbonyl (C=O) groups is 1. The molecule has 4 N–H and O–H groups in total. The fourth-order valence-corrected chi connectivity index (χ4v) is 4.64. The molecule has 0 aromatic heterocycles. The number of amides is 1. The van der Waals surface area contributed by atoms with Crippen molar-refractivity contribution in [3.63, 3.8) is 0 Å². The number of hydrogen-bond acceptors (Lipinski definition) is 3. The molecule has 7 heteroatoms. The van der Waals surface area contributed by atoms with Crippen LogP contribution in [0.3, 0.4) is 0 Å². The lowest BCUT2D eigenvalue weighted by Gasteiger charge is -2.30. The van der Waals surface area contributed by atoms with Gasteiger partial charge in [0.1, 0.15) is 0 Å². The Labute approximate surface area is 195 Å². The zero-order valence-electron chi connectivity index (χ0n) is 18.6. The Morgan fingerprint density at radius 3 is 2.55 bits per heavy atom. The molecule has 0 aromatic rings. The quantitative estimate of drug-likeness (QED) is 0.178. The van der Waals surface area contributed by atoms with Gasteiger partial charge in [0.15, 0.2) is 5.96 Å². The summed E-state index contributed by atoms with van der Waals surface area (Å²) in [6, 6.07) is 0. The van der Waals surface area contributed by atoms with Gasteiger partial charge in [0.05, 0.1) is 0 Å². The van der Waals surface area contributed by atoms with Crippen molar-refractivity contribution in [2.75, 3.05) is 39.3 Å². The van der Waals surface area contributed by atoms with E-state index in [2.05, 4.69) is 29.4 Å². The summed E-state index contributed by atoms with van der Waals surface area (Å²) in [5.74, 6) is 2.72. The average Bonchev–Trinajstić information content (AvgIpc) is 2.68. The summed E-state index contributed by atoms with van der Waals surface area (Å²) in [6.45, 7) is 10.4. The molecule has 170 valence electrons. The second-order valence-electron chi connectivity index (χ2n) is 8.84. The zero-order chi connectivity index (χ0) is 20.2. The van der Waals surface area contributed by atoms with Gasteiger partial charge in [-0.1, -0.05) is 26.2 Å². The second-order valence-corrected chi connectivity index (χ2v) is 8.84. The highest BCUT2D eigenvalue weighted by atomic mass is 127. The maximum atomic E-state index is 11.2. The van der Waals surface area contributed by atoms with Gasteiger partial charge >= 0.3 is 0 Å². The molecule has 2 fully saturated rings. The van der Waals surface area contributed by atoms with Crippen LogP contribution in [0.2, 0.25) is 0 Å². The van der Waals surface area contributed by atoms with Crippen LogP contribution in [0.5, 0.6) is 0 Å². The second kappa shape index (κ2) is 15.3. The van der Waals surface area contributed by atoms with Crippen molar-refractivity contribution in [3.8, 4) is 0 Å². The summed E-state index contributed by atoms with van der Waals surface area (Å²) in [7, 11) is 0. The smallest absolute Gasteiger partial charge is 0.220 e. The molecule has 2 atom stereocenters. The number of piperidine rings is 1. The number of likely N-dealkylation sites (tertiary alicyclic amines) is 1. The molecule has 0 aromatic carbocycles. The molecule has 6 nitrogen and oxygen atoms in total. The van der Waals surface area contributed by atoms with Gasteiger partial charge in [-0.3, -0.25) is 9.79 Å². The molecule has 1 heterocycles. The van der Waals surface area contributed by atoms with Crippen LogP contribution in [-0.2, 0) is 4.79 Å². The van der Waals surface area contributed by atoms with Crippen LogP contribution in [-0.4, -0.2) is 56.0 Å². The summed E-state index contributed by atoms with van der Waals surface area (Å²) in [6.07, 6.45) is 11.0. The van der Waals surface area contributed by atoms with Crippen molar-refractivity contribution in [2.45, 2.75) is 71.6 Å². The van der Waals surface area contributed by atoms with Gasteiger partial charge in [-0.05, 0) is 76.9 Å². The van der Waals surface area contributed by atoms with E-state index in [1.54, 1.807) is 0 Å². The first-order chi connectivity index (χ1) is 13.6. The van der Waals surface area contributed by atoms with E-state index < -0.39 is 0 Å². The number of nitrogens with one attached hydrogen (secondary N) is 2. The SMILES string of the molecule is CCNC(=NCCCCN1CCC(C(N)=O)CC1)NCCC1CCCC(C)C1.I. The van der Waals surface area contributed by atoms with Crippen molar-refractivity contribution < 1.29 is 4.79 Å². The van der Waals surface area contributed by atoms with Crippen LogP contribution in [0.15, 0.2) is 4.99 Å². The van der Waals surface area contributed by atoms with Gasteiger partial charge < -0.3 is 21.3 Å². The summed E-state index contributed by atoms with van der Waals surface area (Å²) < 4.78 is 0. The van der Waals surface area contributed by atoms with E-state index in [4.69, 9.17) is 10.7 Å². The van der Waals surface area contributed by atoms with Crippen molar-refractivity contribution in [1.29, 1.82) is 0 Å². The lowest BCUT2D eigenvalue weighted by molar-refractivity contribution is -0.123. The molecule has 0 bridgehead atoms. The molecule has 1 aliphatic carbocycles. The largest absolute Gasteiger partial charge is 0.369 e. The molecule has 29 heavy (non-hydrogen) atoms. The molecule has 2 unspecified atom stereocenters. The molecule has 1 saturated heterocycles. The molecule has 2 aliphatic rings. The van der Waals surface area contributed by atoms with Crippen LogP contribution >= 0.6 is 24.0 Å². The highest BCUT2D eigenvalue weighted by Gasteiger charge is 2.22. The lowest BCUT2D eigenvalue weighted by atomic mass is 9.81. The van der Waals surface area contributed by atoms with Gasteiger partial charge in [0, 0.05) is 25.6 Å². The standard InChI is InChI=1S/C22H43N5O.HI/c1-3-24-22(26-13-9-19-8-6-7-18(2)17-19)25-12-4-5-14-27-15-10-20(11-16-27)21(23)28;/h18-20H,3-17H2,1-2H3,(H2,23,28)(H2,24,25,26);1H. The minimum Gasteiger partial charge on any atom is -0.369 e. The molecular weight excluding hydrogens is 477 g/mol. The van der Waals surface area contributed by atoms with Crippen molar-refractivity contribution >= 4 is 35.8 Å². The van der Waals surface area contributed by atoms with E-state index in [1.165, 1.54) is 32.1 Å². The van der Waals surface area contributed by atoms with Crippen LogP contribution in [0.4, 0.5) is 0 Å². The Kier molecular flexibility index (Phi) is 13.9. The number of rotatable bonds is 10. The van der Waals surface area contributed by atoms with Gasteiger partial charge in [-0.15, -0.1) is 24.0 Å². The molecule has 1 amide bonds. The third kappa shape index (κ3) is 10.9. The third-order valence-corrected chi connectivity index (χ3v) is 6.38. The van der Waals surface area contributed by atoms with E-state index in [1.807, 2.05) is 0 Å². The number of guanidine groups is 1. The predicted octanol–water partition coefficient (Wildman–Crippen LogP) is 3.35. The van der Waals surface area contributed by atoms with Crippen molar-refractivity contribution in [1.82, 2.24) is 15.5 Å². The fraction of sp³-hybridized carbons (Fsp3) is 0.909.